The maximum atomic E-state index is 12.1. The van der Waals surface area contributed by atoms with Crippen molar-refractivity contribution in [1.29, 1.82) is 0 Å². The lowest BCUT2D eigenvalue weighted by atomic mass is 10.2. The maximum absolute atomic E-state index is 12.1. The summed E-state index contributed by atoms with van der Waals surface area (Å²) in [4.78, 5) is 16.6. The summed E-state index contributed by atoms with van der Waals surface area (Å²) in [5, 5.41) is 3.97. The highest BCUT2D eigenvalue weighted by Crippen LogP contribution is 2.22. The van der Waals surface area contributed by atoms with E-state index in [2.05, 4.69) is 10.3 Å². The number of nitrogens with one attached hydrogen (secondary N) is 2. The van der Waals surface area contributed by atoms with Gasteiger partial charge in [-0.2, -0.15) is 0 Å². The number of rotatable bonds is 1. The molecule has 1 aromatic rings. The molecule has 1 amide bonds. The summed E-state index contributed by atoms with van der Waals surface area (Å²) < 4.78 is 0. The molecular weight excluding hydrogens is 249 g/mol. The molecule has 0 saturated carbocycles. The molecule has 2 rings (SSSR count). The van der Waals surface area contributed by atoms with Crippen LogP contribution in [0.2, 0.25) is 10.2 Å². The standard InChI is InChI=1S/C10H13Cl2N3O/c1-6-5-15(3-2-13-6)10(16)8-4-7(11)9(12)14-8/h4,6,13-14H,2-3,5H2,1H3/t6-/m1/s1. The van der Waals surface area contributed by atoms with E-state index in [1.807, 2.05) is 6.92 Å². The average Bonchev–Trinajstić information content (AvgIpc) is 2.58. The van der Waals surface area contributed by atoms with Crippen molar-refractivity contribution in [3.8, 4) is 0 Å². The summed E-state index contributed by atoms with van der Waals surface area (Å²) in [7, 11) is 0. The first-order valence-corrected chi connectivity index (χ1v) is 5.90. The van der Waals surface area contributed by atoms with E-state index in [9.17, 15) is 4.79 Å². The van der Waals surface area contributed by atoms with Gasteiger partial charge in [-0.1, -0.05) is 23.2 Å². The highest BCUT2D eigenvalue weighted by Gasteiger charge is 2.23. The highest BCUT2D eigenvalue weighted by molar-refractivity contribution is 6.41. The molecule has 0 aromatic carbocycles. The molecule has 0 radical (unpaired) electrons. The Balaban J connectivity index is 2.12. The first-order chi connectivity index (χ1) is 7.58. The zero-order valence-electron chi connectivity index (χ0n) is 8.89. The van der Waals surface area contributed by atoms with Crippen LogP contribution in [0.3, 0.4) is 0 Å². The molecule has 1 aliphatic rings. The summed E-state index contributed by atoms with van der Waals surface area (Å²) in [5.74, 6) is -0.0536. The van der Waals surface area contributed by atoms with Gasteiger partial charge in [0.2, 0.25) is 0 Å². The van der Waals surface area contributed by atoms with Crippen LogP contribution in [-0.2, 0) is 0 Å². The van der Waals surface area contributed by atoms with Crippen molar-refractivity contribution in [2.45, 2.75) is 13.0 Å². The number of aromatic nitrogens is 1. The Morgan fingerprint density at radius 1 is 1.56 bits per heavy atom. The van der Waals surface area contributed by atoms with Crippen molar-refractivity contribution in [3.63, 3.8) is 0 Å². The number of carbonyl (C=O) groups excluding carboxylic acids is 1. The number of aromatic amines is 1. The number of halogens is 2. The molecule has 1 fully saturated rings. The second kappa shape index (κ2) is 4.65. The van der Waals surface area contributed by atoms with E-state index in [0.29, 0.717) is 35.0 Å². The second-order valence-electron chi connectivity index (χ2n) is 3.95. The van der Waals surface area contributed by atoms with E-state index in [1.54, 1.807) is 11.0 Å². The third kappa shape index (κ3) is 2.34. The lowest BCUT2D eigenvalue weighted by molar-refractivity contribution is 0.0704. The number of carbonyl (C=O) groups is 1. The summed E-state index contributed by atoms with van der Waals surface area (Å²) in [6.07, 6.45) is 0. The molecule has 0 unspecified atom stereocenters. The van der Waals surface area contributed by atoms with Crippen molar-refractivity contribution in [3.05, 3.63) is 21.9 Å². The number of hydrogen-bond acceptors (Lipinski definition) is 2. The normalized spacial score (nSPS) is 21.2. The Morgan fingerprint density at radius 2 is 2.31 bits per heavy atom. The summed E-state index contributed by atoms with van der Waals surface area (Å²) in [5.41, 5.74) is 0.448. The predicted octanol–water partition coefficient (Wildman–Crippen LogP) is 1.76. The fourth-order valence-electron chi connectivity index (χ4n) is 1.81. The Hall–Kier alpha value is -0.710. The topological polar surface area (TPSA) is 48.1 Å². The fourth-order valence-corrected chi connectivity index (χ4v) is 2.12. The molecule has 88 valence electrons. The third-order valence-corrected chi connectivity index (χ3v) is 3.30. The van der Waals surface area contributed by atoms with Gasteiger partial charge in [0.1, 0.15) is 10.8 Å². The van der Waals surface area contributed by atoms with Crippen LogP contribution in [0, 0.1) is 0 Å². The quantitative estimate of drug-likeness (QED) is 0.810. The molecule has 1 atom stereocenters. The molecule has 16 heavy (non-hydrogen) atoms. The largest absolute Gasteiger partial charge is 0.340 e. The van der Waals surface area contributed by atoms with Crippen molar-refractivity contribution < 1.29 is 4.79 Å². The number of piperazine rings is 1. The minimum Gasteiger partial charge on any atom is -0.340 e. The van der Waals surface area contributed by atoms with Crippen molar-refractivity contribution >= 4 is 29.1 Å². The van der Waals surface area contributed by atoms with Crippen LogP contribution in [0.1, 0.15) is 17.4 Å². The first kappa shape index (κ1) is 11.8. The van der Waals surface area contributed by atoms with Gasteiger partial charge in [-0.3, -0.25) is 4.79 Å². The lowest BCUT2D eigenvalue weighted by Gasteiger charge is -2.31. The number of amides is 1. The van der Waals surface area contributed by atoms with E-state index in [0.717, 1.165) is 6.54 Å². The summed E-state index contributed by atoms with van der Waals surface area (Å²) in [6.45, 7) is 4.27. The molecule has 1 saturated heterocycles. The number of hydrogen-bond donors (Lipinski definition) is 2. The molecule has 6 heteroatoms. The minimum atomic E-state index is -0.0536. The van der Waals surface area contributed by atoms with Gasteiger partial charge >= 0.3 is 0 Å². The van der Waals surface area contributed by atoms with Crippen LogP contribution < -0.4 is 5.32 Å². The van der Waals surface area contributed by atoms with Crippen LogP contribution in [-0.4, -0.2) is 41.5 Å². The monoisotopic (exact) mass is 261 g/mol. The number of nitrogens with zero attached hydrogens (tertiary/aromatic N) is 1. The Kier molecular flexibility index (Phi) is 3.42. The smallest absolute Gasteiger partial charge is 0.270 e. The van der Waals surface area contributed by atoms with Crippen molar-refractivity contribution in [2.75, 3.05) is 19.6 Å². The second-order valence-corrected chi connectivity index (χ2v) is 4.74. The van der Waals surface area contributed by atoms with E-state index >= 15 is 0 Å². The number of H-pyrrole nitrogens is 1. The van der Waals surface area contributed by atoms with Gasteiger partial charge in [-0.25, -0.2) is 0 Å². The van der Waals surface area contributed by atoms with Gasteiger partial charge in [0.15, 0.2) is 0 Å². The SMILES string of the molecule is C[C@@H]1CN(C(=O)c2cc(Cl)c(Cl)[nH]2)CCN1. The van der Waals surface area contributed by atoms with E-state index in [1.165, 1.54) is 0 Å². The molecule has 2 heterocycles. The van der Waals surface area contributed by atoms with Crippen LogP contribution in [0.5, 0.6) is 0 Å². The predicted molar refractivity (Wildman–Crippen MR) is 64.2 cm³/mol. The van der Waals surface area contributed by atoms with Crippen molar-refractivity contribution in [1.82, 2.24) is 15.2 Å². The van der Waals surface area contributed by atoms with E-state index < -0.39 is 0 Å². The van der Waals surface area contributed by atoms with Gasteiger partial charge in [0, 0.05) is 25.7 Å². The Morgan fingerprint density at radius 3 is 2.88 bits per heavy atom. The van der Waals surface area contributed by atoms with Crippen LogP contribution in [0.4, 0.5) is 0 Å². The van der Waals surface area contributed by atoms with Crippen LogP contribution >= 0.6 is 23.2 Å². The van der Waals surface area contributed by atoms with Gasteiger partial charge in [0.05, 0.1) is 5.02 Å². The first-order valence-electron chi connectivity index (χ1n) is 5.14. The summed E-state index contributed by atoms with van der Waals surface area (Å²) in [6, 6.07) is 1.89. The Bertz CT molecular complexity index is 385. The lowest BCUT2D eigenvalue weighted by Crippen LogP contribution is -2.51. The van der Waals surface area contributed by atoms with E-state index in [4.69, 9.17) is 23.2 Å². The molecule has 0 aliphatic carbocycles. The molecule has 0 spiro atoms. The molecule has 1 aromatic heterocycles. The van der Waals surface area contributed by atoms with Gasteiger partial charge < -0.3 is 15.2 Å². The molecule has 2 N–H and O–H groups in total. The van der Waals surface area contributed by atoms with Gasteiger partial charge in [-0.15, -0.1) is 0 Å². The fraction of sp³-hybridized carbons (Fsp3) is 0.500. The average molecular weight is 262 g/mol. The minimum absolute atomic E-state index is 0.0536. The zero-order chi connectivity index (χ0) is 11.7. The zero-order valence-corrected chi connectivity index (χ0v) is 10.4. The highest BCUT2D eigenvalue weighted by atomic mass is 35.5. The third-order valence-electron chi connectivity index (χ3n) is 2.61. The van der Waals surface area contributed by atoms with Gasteiger partial charge in [-0.05, 0) is 13.0 Å². The van der Waals surface area contributed by atoms with Crippen LogP contribution in [0.25, 0.3) is 0 Å². The summed E-state index contributed by atoms with van der Waals surface area (Å²) >= 11 is 11.6. The van der Waals surface area contributed by atoms with E-state index in [-0.39, 0.29) is 5.91 Å². The van der Waals surface area contributed by atoms with Gasteiger partial charge in [0.25, 0.3) is 5.91 Å². The molecule has 0 bridgehead atoms. The van der Waals surface area contributed by atoms with Crippen LogP contribution in [0.15, 0.2) is 6.07 Å². The van der Waals surface area contributed by atoms with Crippen molar-refractivity contribution in [2.24, 2.45) is 0 Å². The Labute approximate surface area is 104 Å². The molecule has 1 aliphatic heterocycles. The maximum Gasteiger partial charge on any atom is 0.270 e. The molecule has 4 nitrogen and oxygen atoms in total. The molecular formula is C10H13Cl2N3O.